The summed E-state index contributed by atoms with van der Waals surface area (Å²) in [5.41, 5.74) is 2.69. The summed E-state index contributed by atoms with van der Waals surface area (Å²) in [4.78, 5) is 19.9. The van der Waals surface area contributed by atoms with Gasteiger partial charge in [-0.3, -0.25) is 15.5 Å². The van der Waals surface area contributed by atoms with E-state index in [-0.39, 0.29) is 16.5 Å². The zero-order chi connectivity index (χ0) is 17.0. The van der Waals surface area contributed by atoms with Gasteiger partial charge in [-0.15, -0.1) is 4.83 Å². The molecular weight excluding hydrogens is 324 g/mol. The lowest BCUT2D eigenvalue weighted by atomic mass is 10.2. The molecule has 23 heavy (non-hydrogen) atoms. The van der Waals surface area contributed by atoms with E-state index in [1.54, 1.807) is 12.1 Å². The first-order chi connectivity index (χ1) is 10.8. The van der Waals surface area contributed by atoms with E-state index in [2.05, 4.69) is 25.5 Å². The first kappa shape index (κ1) is 16.6. The quantitative estimate of drug-likeness (QED) is 0.524. The Bertz CT molecular complexity index is 822. The summed E-state index contributed by atoms with van der Waals surface area (Å²) in [6.45, 7) is 1.83. The van der Waals surface area contributed by atoms with Crippen LogP contribution in [0.25, 0.3) is 0 Å². The third-order valence-electron chi connectivity index (χ3n) is 2.88. The summed E-state index contributed by atoms with van der Waals surface area (Å²) in [6.07, 6.45) is 1.07. The number of hydrazine groups is 1. The molecule has 0 spiro atoms. The fourth-order valence-electron chi connectivity index (χ4n) is 1.72. The molecule has 1 heterocycles. The van der Waals surface area contributed by atoms with Gasteiger partial charge in [0.15, 0.2) is 0 Å². The maximum Gasteiger partial charge on any atom is 0.354 e. The lowest BCUT2D eigenvalue weighted by Crippen LogP contribution is -2.30. The Morgan fingerprint density at radius 3 is 2.30 bits per heavy atom. The van der Waals surface area contributed by atoms with Crippen molar-refractivity contribution in [1.29, 1.82) is 0 Å². The second-order valence-electron chi connectivity index (χ2n) is 4.47. The molecule has 0 amide bonds. The van der Waals surface area contributed by atoms with E-state index in [4.69, 9.17) is 0 Å². The Morgan fingerprint density at radius 2 is 1.74 bits per heavy atom. The maximum absolute atomic E-state index is 12.1. The highest BCUT2D eigenvalue weighted by molar-refractivity contribution is 7.89. The average Bonchev–Trinajstić information content (AvgIpc) is 2.52. The van der Waals surface area contributed by atoms with Gasteiger partial charge in [-0.05, 0) is 19.1 Å². The Kier molecular flexibility index (Phi) is 4.71. The van der Waals surface area contributed by atoms with Gasteiger partial charge in [0.1, 0.15) is 6.33 Å². The van der Waals surface area contributed by atoms with Crippen molar-refractivity contribution in [3.05, 3.63) is 46.3 Å². The third-order valence-corrected chi connectivity index (χ3v) is 4.14. The SMILES string of the molecule is CNc1ncnc(NNS(=O)(=O)c2ccc(C)cc2)c1[N+](=O)[O-]. The Morgan fingerprint density at radius 1 is 1.13 bits per heavy atom. The van der Waals surface area contributed by atoms with Gasteiger partial charge in [0.25, 0.3) is 10.0 Å². The monoisotopic (exact) mass is 338 g/mol. The summed E-state index contributed by atoms with van der Waals surface area (Å²) < 4.78 is 24.3. The van der Waals surface area contributed by atoms with E-state index in [1.807, 2.05) is 6.92 Å². The van der Waals surface area contributed by atoms with Crippen molar-refractivity contribution in [2.75, 3.05) is 17.8 Å². The number of anilines is 2. The maximum atomic E-state index is 12.1. The van der Waals surface area contributed by atoms with Crippen LogP contribution >= 0.6 is 0 Å². The van der Waals surface area contributed by atoms with Crippen molar-refractivity contribution in [1.82, 2.24) is 14.8 Å². The van der Waals surface area contributed by atoms with Gasteiger partial charge < -0.3 is 5.32 Å². The Hall–Kier alpha value is -2.79. The minimum absolute atomic E-state index is 0.0150. The number of nitrogens with one attached hydrogen (secondary N) is 3. The number of benzene rings is 1. The predicted octanol–water partition coefficient (Wildman–Crippen LogP) is 1.04. The number of sulfonamides is 1. The molecule has 0 radical (unpaired) electrons. The van der Waals surface area contributed by atoms with Crippen LogP contribution in [0.1, 0.15) is 5.56 Å². The summed E-state index contributed by atoms with van der Waals surface area (Å²) in [5.74, 6) is -0.313. The summed E-state index contributed by atoms with van der Waals surface area (Å²) in [5, 5.41) is 13.6. The van der Waals surface area contributed by atoms with Gasteiger partial charge in [-0.25, -0.2) is 18.4 Å². The molecule has 11 heteroatoms. The van der Waals surface area contributed by atoms with Crippen LogP contribution in [0, 0.1) is 17.0 Å². The third kappa shape index (κ3) is 3.70. The zero-order valence-corrected chi connectivity index (χ0v) is 13.1. The molecule has 3 N–H and O–H groups in total. The molecule has 1 aromatic heterocycles. The number of hydrogen-bond donors (Lipinski definition) is 3. The van der Waals surface area contributed by atoms with Gasteiger partial charge in [0.05, 0.1) is 9.82 Å². The van der Waals surface area contributed by atoms with E-state index in [0.29, 0.717) is 0 Å². The molecule has 0 atom stereocenters. The number of aryl methyl sites for hydroxylation is 1. The zero-order valence-electron chi connectivity index (χ0n) is 12.3. The second kappa shape index (κ2) is 6.54. The molecule has 0 saturated heterocycles. The van der Waals surface area contributed by atoms with E-state index in [0.717, 1.165) is 11.9 Å². The standard InChI is InChI=1S/C12H14N6O4S/c1-8-3-5-9(6-4-8)23(21,22)17-16-12-10(18(19)20)11(13-2)14-7-15-12/h3-7,17H,1-2H3,(H2,13,14,15,16). The van der Waals surface area contributed by atoms with Crippen LogP contribution in [0.5, 0.6) is 0 Å². The summed E-state index contributed by atoms with van der Waals surface area (Å²) in [6, 6.07) is 6.13. The van der Waals surface area contributed by atoms with E-state index in [1.165, 1.54) is 19.2 Å². The fourth-order valence-corrected chi connectivity index (χ4v) is 2.56. The van der Waals surface area contributed by atoms with Crippen LogP contribution in [0.2, 0.25) is 0 Å². The van der Waals surface area contributed by atoms with Gasteiger partial charge in [0, 0.05) is 7.05 Å². The van der Waals surface area contributed by atoms with Crippen LogP contribution in [0.3, 0.4) is 0 Å². The van der Waals surface area contributed by atoms with Crippen LogP contribution in [0.15, 0.2) is 35.5 Å². The Labute approximate surface area is 132 Å². The molecule has 2 rings (SSSR count). The highest BCUT2D eigenvalue weighted by Gasteiger charge is 2.23. The predicted molar refractivity (Wildman–Crippen MR) is 83.4 cm³/mol. The highest BCUT2D eigenvalue weighted by Crippen LogP contribution is 2.27. The molecule has 0 unspecified atom stereocenters. The molecule has 0 bridgehead atoms. The number of aromatic nitrogens is 2. The van der Waals surface area contributed by atoms with E-state index in [9.17, 15) is 18.5 Å². The smallest absolute Gasteiger partial charge is 0.354 e. The van der Waals surface area contributed by atoms with Crippen LogP contribution < -0.4 is 15.6 Å². The number of nitro groups is 1. The fraction of sp³-hybridized carbons (Fsp3) is 0.167. The molecule has 0 saturated carbocycles. The normalized spacial score (nSPS) is 11.0. The molecule has 0 aliphatic rings. The summed E-state index contributed by atoms with van der Waals surface area (Å²) >= 11 is 0. The number of nitrogens with zero attached hydrogens (tertiary/aromatic N) is 3. The number of rotatable bonds is 6. The number of hydrogen-bond acceptors (Lipinski definition) is 8. The van der Waals surface area contributed by atoms with Crippen molar-refractivity contribution in [3.8, 4) is 0 Å². The summed E-state index contributed by atoms with van der Waals surface area (Å²) in [7, 11) is -2.45. The van der Waals surface area contributed by atoms with Crippen molar-refractivity contribution in [2.45, 2.75) is 11.8 Å². The molecule has 0 aliphatic heterocycles. The van der Waals surface area contributed by atoms with E-state index < -0.39 is 20.6 Å². The molecule has 2 aromatic rings. The molecular formula is C12H14N6O4S. The molecule has 122 valence electrons. The topological polar surface area (TPSA) is 139 Å². The van der Waals surface area contributed by atoms with E-state index >= 15 is 0 Å². The van der Waals surface area contributed by atoms with Crippen LogP contribution in [-0.2, 0) is 10.0 Å². The van der Waals surface area contributed by atoms with Gasteiger partial charge in [0.2, 0.25) is 11.6 Å². The first-order valence-corrected chi connectivity index (χ1v) is 7.85. The van der Waals surface area contributed by atoms with Crippen molar-refractivity contribution < 1.29 is 13.3 Å². The van der Waals surface area contributed by atoms with Gasteiger partial charge in [-0.1, -0.05) is 17.7 Å². The van der Waals surface area contributed by atoms with Crippen LogP contribution in [-0.4, -0.2) is 30.4 Å². The molecule has 0 fully saturated rings. The average molecular weight is 338 g/mol. The van der Waals surface area contributed by atoms with Crippen molar-refractivity contribution >= 4 is 27.3 Å². The lowest BCUT2D eigenvalue weighted by Gasteiger charge is -2.10. The van der Waals surface area contributed by atoms with Gasteiger partial charge in [-0.2, -0.15) is 0 Å². The first-order valence-electron chi connectivity index (χ1n) is 6.37. The van der Waals surface area contributed by atoms with Crippen LogP contribution in [0.4, 0.5) is 17.3 Å². The van der Waals surface area contributed by atoms with Crippen molar-refractivity contribution in [3.63, 3.8) is 0 Å². The lowest BCUT2D eigenvalue weighted by molar-refractivity contribution is -0.383. The largest absolute Gasteiger partial charge is 0.367 e. The molecule has 10 nitrogen and oxygen atoms in total. The molecule has 0 aliphatic carbocycles. The molecule has 1 aromatic carbocycles. The minimum Gasteiger partial charge on any atom is -0.367 e. The minimum atomic E-state index is -3.90. The highest BCUT2D eigenvalue weighted by atomic mass is 32.2. The van der Waals surface area contributed by atoms with Gasteiger partial charge >= 0.3 is 5.69 Å². The van der Waals surface area contributed by atoms with Crippen molar-refractivity contribution in [2.24, 2.45) is 0 Å². The second-order valence-corrected chi connectivity index (χ2v) is 6.15. The Balaban J connectivity index is 2.27.